The van der Waals surface area contributed by atoms with Crippen molar-refractivity contribution >= 4 is 28.5 Å². The van der Waals surface area contributed by atoms with Gasteiger partial charge in [0.1, 0.15) is 11.9 Å². The number of pyridine rings is 1. The first-order valence-electron chi connectivity index (χ1n) is 7.86. The second kappa shape index (κ2) is 6.24. The molecule has 0 atom stereocenters. The average molecular weight is 345 g/mol. The quantitative estimate of drug-likeness (QED) is 0.727. The van der Waals surface area contributed by atoms with Gasteiger partial charge >= 0.3 is 0 Å². The van der Waals surface area contributed by atoms with E-state index >= 15 is 0 Å². The van der Waals surface area contributed by atoms with E-state index in [2.05, 4.69) is 20.0 Å². The van der Waals surface area contributed by atoms with Crippen LogP contribution in [0.4, 0.5) is 5.82 Å². The van der Waals surface area contributed by atoms with Crippen LogP contribution in [0.3, 0.4) is 0 Å². The first-order valence-corrected chi connectivity index (χ1v) is 8.24. The fourth-order valence-corrected chi connectivity index (χ4v) is 3.18. The van der Waals surface area contributed by atoms with Crippen molar-refractivity contribution < 1.29 is 4.74 Å². The van der Waals surface area contributed by atoms with Crippen molar-refractivity contribution in [3.05, 3.63) is 35.9 Å². The Morgan fingerprint density at radius 3 is 2.79 bits per heavy atom. The normalized spacial score (nSPS) is 15.8. The molecule has 3 aromatic rings. The number of hydrogen-bond donors (Lipinski definition) is 0. The van der Waals surface area contributed by atoms with Gasteiger partial charge in [0.25, 0.3) is 0 Å². The zero-order chi connectivity index (χ0) is 16.5. The fourth-order valence-electron chi connectivity index (χ4n) is 2.95. The van der Waals surface area contributed by atoms with Gasteiger partial charge in [0.05, 0.1) is 22.8 Å². The van der Waals surface area contributed by atoms with Gasteiger partial charge in [0.2, 0.25) is 5.88 Å². The lowest BCUT2D eigenvalue weighted by molar-refractivity contribution is 0.163. The lowest BCUT2D eigenvalue weighted by Crippen LogP contribution is -2.38. The van der Waals surface area contributed by atoms with Crippen molar-refractivity contribution in [2.24, 2.45) is 7.05 Å². The molecule has 8 heteroatoms. The molecule has 4 heterocycles. The summed E-state index contributed by atoms with van der Waals surface area (Å²) in [6.07, 6.45) is 8.62. The van der Waals surface area contributed by atoms with Gasteiger partial charge in [-0.2, -0.15) is 5.10 Å². The van der Waals surface area contributed by atoms with E-state index in [-0.39, 0.29) is 6.10 Å². The highest BCUT2D eigenvalue weighted by Gasteiger charge is 2.23. The number of hydrogen-bond acceptors (Lipinski definition) is 6. The maximum Gasteiger partial charge on any atom is 0.232 e. The second-order valence-corrected chi connectivity index (χ2v) is 6.22. The van der Waals surface area contributed by atoms with Crippen LogP contribution in [0.5, 0.6) is 5.88 Å². The topological polar surface area (TPSA) is 69.0 Å². The number of ether oxygens (including phenoxy) is 1. The summed E-state index contributed by atoms with van der Waals surface area (Å²) in [6, 6.07) is 1.91. The minimum Gasteiger partial charge on any atom is -0.473 e. The molecular formula is C16H17ClN6O. The predicted octanol–water partition coefficient (Wildman–Crippen LogP) is 2.46. The summed E-state index contributed by atoms with van der Waals surface area (Å²) in [6.45, 7) is 1.72. The molecular weight excluding hydrogens is 328 g/mol. The molecule has 0 spiro atoms. The Morgan fingerprint density at radius 1 is 1.21 bits per heavy atom. The van der Waals surface area contributed by atoms with E-state index in [1.165, 1.54) is 0 Å². The van der Waals surface area contributed by atoms with Crippen LogP contribution in [0.25, 0.3) is 11.0 Å². The van der Waals surface area contributed by atoms with E-state index in [0.717, 1.165) is 42.8 Å². The smallest absolute Gasteiger partial charge is 0.232 e. The van der Waals surface area contributed by atoms with Crippen molar-refractivity contribution in [3.63, 3.8) is 0 Å². The molecule has 0 saturated carbocycles. The number of piperidine rings is 1. The summed E-state index contributed by atoms with van der Waals surface area (Å²) >= 11 is 6.37. The van der Waals surface area contributed by atoms with E-state index in [1.54, 1.807) is 29.5 Å². The van der Waals surface area contributed by atoms with E-state index in [4.69, 9.17) is 21.3 Å². The Kier molecular flexibility index (Phi) is 3.93. The minimum absolute atomic E-state index is 0.147. The molecule has 0 aliphatic carbocycles. The largest absolute Gasteiger partial charge is 0.473 e. The third-order valence-corrected chi connectivity index (χ3v) is 4.55. The van der Waals surface area contributed by atoms with Crippen molar-refractivity contribution in [2.45, 2.75) is 18.9 Å². The lowest BCUT2D eigenvalue weighted by Gasteiger charge is -2.32. The number of rotatable bonds is 3. The highest BCUT2D eigenvalue weighted by atomic mass is 35.5. The van der Waals surface area contributed by atoms with Crippen molar-refractivity contribution in [1.82, 2.24) is 24.7 Å². The molecule has 0 bridgehead atoms. The molecule has 4 rings (SSSR count). The van der Waals surface area contributed by atoms with Crippen LogP contribution in [0.15, 0.2) is 30.9 Å². The summed E-state index contributed by atoms with van der Waals surface area (Å²) in [5, 5.41) is 5.78. The number of nitrogens with zero attached hydrogens (tertiary/aromatic N) is 6. The van der Waals surface area contributed by atoms with Gasteiger partial charge in [-0.3, -0.25) is 9.67 Å². The maximum absolute atomic E-state index is 6.37. The Balaban J connectivity index is 1.47. The number of fused-ring (bicyclic) bond motifs is 1. The first kappa shape index (κ1) is 15.1. The Hall–Kier alpha value is -2.41. The third-order valence-electron chi connectivity index (χ3n) is 4.23. The summed E-state index contributed by atoms with van der Waals surface area (Å²) in [4.78, 5) is 15.1. The number of aryl methyl sites for hydroxylation is 1. The van der Waals surface area contributed by atoms with Crippen LogP contribution in [-0.4, -0.2) is 43.9 Å². The number of halogens is 1. The minimum atomic E-state index is 0.147. The number of anilines is 1. The number of aromatic nitrogens is 5. The zero-order valence-corrected chi connectivity index (χ0v) is 14.0. The monoisotopic (exact) mass is 344 g/mol. The highest BCUT2D eigenvalue weighted by molar-refractivity contribution is 6.35. The van der Waals surface area contributed by atoms with E-state index in [9.17, 15) is 0 Å². The standard InChI is InChI=1S/C16H17ClN6O/c1-22-16-12(9-20-22)13(17)8-14(21-16)23-6-2-11(3-7-23)24-15-10-18-4-5-19-15/h4-5,8-11H,2-3,6-7H2,1H3. The van der Waals surface area contributed by atoms with Crippen molar-refractivity contribution in [1.29, 1.82) is 0 Å². The zero-order valence-electron chi connectivity index (χ0n) is 13.3. The summed E-state index contributed by atoms with van der Waals surface area (Å²) in [5.41, 5.74) is 0.801. The van der Waals surface area contributed by atoms with Crippen molar-refractivity contribution in [2.75, 3.05) is 18.0 Å². The molecule has 0 amide bonds. The molecule has 24 heavy (non-hydrogen) atoms. The summed E-state index contributed by atoms with van der Waals surface area (Å²) < 4.78 is 7.62. The molecule has 124 valence electrons. The molecule has 0 unspecified atom stereocenters. The van der Waals surface area contributed by atoms with Gasteiger partial charge in [-0.15, -0.1) is 0 Å². The molecule has 7 nitrogen and oxygen atoms in total. The van der Waals surface area contributed by atoms with Crippen molar-refractivity contribution in [3.8, 4) is 5.88 Å². The molecule has 0 aromatic carbocycles. The Labute approximate surface area is 144 Å². The van der Waals surface area contributed by atoms with Crippen LogP contribution in [0.2, 0.25) is 5.02 Å². The van der Waals surface area contributed by atoms with Crippen LogP contribution < -0.4 is 9.64 Å². The molecule has 3 aromatic heterocycles. The third kappa shape index (κ3) is 2.87. The van der Waals surface area contributed by atoms with E-state index in [0.29, 0.717) is 10.9 Å². The van der Waals surface area contributed by atoms with Gasteiger partial charge in [0, 0.05) is 51.4 Å². The highest BCUT2D eigenvalue weighted by Crippen LogP contribution is 2.28. The Morgan fingerprint density at radius 2 is 2.04 bits per heavy atom. The molecule has 0 radical (unpaired) electrons. The molecule has 1 saturated heterocycles. The molecule has 1 aliphatic rings. The molecule has 1 aliphatic heterocycles. The van der Waals surface area contributed by atoms with Crippen LogP contribution in [-0.2, 0) is 7.05 Å². The predicted molar refractivity (Wildman–Crippen MR) is 91.4 cm³/mol. The van der Waals surface area contributed by atoms with E-state index < -0.39 is 0 Å². The van der Waals surface area contributed by atoms with Crippen LogP contribution in [0, 0.1) is 0 Å². The lowest BCUT2D eigenvalue weighted by atomic mass is 10.1. The van der Waals surface area contributed by atoms with Gasteiger partial charge in [0.15, 0.2) is 5.65 Å². The van der Waals surface area contributed by atoms with E-state index in [1.807, 2.05) is 13.1 Å². The van der Waals surface area contributed by atoms with Gasteiger partial charge in [-0.25, -0.2) is 9.97 Å². The Bertz CT molecular complexity index is 844. The summed E-state index contributed by atoms with van der Waals surface area (Å²) in [7, 11) is 1.87. The first-order chi connectivity index (χ1) is 11.7. The molecule has 1 fully saturated rings. The van der Waals surface area contributed by atoms with Gasteiger partial charge in [-0.05, 0) is 0 Å². The van der Waals surface area contributed by atoms with Crippen LogP contribution >= 0.6 is 11.6 Å². The van der Waals surface area contributed by atoms with Crippen LogP contribution in [0.1, 0.15) is 12.8 Å². The SMILES string of the molecule is Cn1ncc2c(Cl)cc(N3CCC(Oc4cnccn4)CC3)nc21. The fraction of sp³-hybridized carbons (Fsp3) is 0.375. The maximum atomic E-state index is 6.37. The second-order valence-electron chi connectivity index (χ2n) is 5.82. The van der Waals surface area contributed by atoms with Gasteiger partial charge < -0.3 is 9.64 Å². The summed E-state index contributed by atoms with van der Waals surface area (Å²) in [5.74, 6) is 1.46. The average Bonchev–Trinajstić information content (AvgIpc) is 2.98. The van der Waals surface area contributed by atoms with Gasteiger partial charge in [-0.1, -0.05) is 11.6 Å². The molecule has 0 N–H and O–H groups in total.